The lowest BCUT2D eigenvalue weighted by molar-refractivity contribution is -0.0393. The maximum Gasteiger partial charge on any atom is 0.146 e. The maximum absolute atomic E-state index is 10.2. The zero-order valence-electron chi connectivity index (χ0n) is 13.5. The lowest BCUT2D eigenvalue weighted by Crippen LogP contribution is -2.12. The maximum atomic E-state index is 10.2. The number of unbranched alkanes of at least 4 members (excludes halogenated alkanes) is 1. The molecule has 0 saturated carbocycles. The van der Waals surface area contributed by atoms with Crippen molar-refractivity contribution in [2.24, 2.45) is 0 Å². The van der Waals surface area contributed by atoms with Crippen LogP contribution in [0.4, 0.5) is 0 Å². The van der Waals surface area contributed by atoms with Crippen molar-refractivity contribution in [2.45, 2.75) is 38.4 Å². The number of methoxy groups -OCH3 is 1. The van der Waals surface area contributed by atoms with Gasteiger partial charge in [0.15, 0.2) is 0 Å². The van der Waals surface area contributed by atoms with Crippen molar-refractivity contribution in [3.8, 4) is 0 Å². The zero-order valence-corrected chi connectivity index (χ0v) is 13.5. The number of hydrogen-bond donors (Lipinski definition) is 1. The molecule has 0 bridgehead atoms. The molecule has 4 nitrogen and oxygen atoms in total. The van der Waals surface area contributed by atoms with Gasteiger partial charge in [0.25, 0.3) is 0 Å². The van der Waals surface area contributed by atoms with E-state index in [2.05, 4.69) is 6.58 Å². The summed E-state index contributed by atoms with van der Waals surface area (Å²) >= 11 is 0. The molecule has 1 aromatic carbocycles. The van der Waals surface area contributed by atoms with E-state index in [1.54, 1.807) is 13.2 Å². The monoisotopic (exact) mass is 308 g/mol. The van der Waals surface area contributed by atoms with Crippen LogP contribution in [0.25, 0.3) is 0 Å². The number of rotatable bonds is 13. The van der Waals surface area contributed by atoms with Crippen LogP contribution in [0.3, 0.4) is 0 Å². The van der Waals surface area contributed by atoms with Gasteiger partial charge in [-0.05, 0) is 36.8 Å². The van der Waals surface area contributed by atoms with E-state index in [0.717, 1.165) is 37.0 Å². The van der Waals surface area contributed by atoms with Crippen LogP contribution in [0, 0.1) is 0 Å². The number of ether oxygens (including phenoxy) is 3. The van der Waals surface area contributed by atoms with E-state index in [1.807, 2.05) is 24.3 Å². The molecule has 0 amide bonds. The molecule has 0 spiro atoms. The Morgan fingerprint density at radius 2 is 1.95 bits per heavy atom. The molecule has 0 heterocycles. The fraction of sp³-hybridized carbons (Fsp3) is 0.556. The highest BCUT2D eigenvalue weighted by Crippen LogP contribution is 2.15. The van der Waals surface area contributed by atoms with Gasteiger partial charge in [-0.25, -0.2) is 0 Å². The summed E-state index contributed by atoms with van der Waals surface area (Å²) in [6.45, 7) is 5.71. The van der Waals surface area contributed by atoms with E-state index in [-0.39, 0.29) is 12.9 Å². The van der Waals surface area contributed by atoms with Crippen molar-refractivity contribution >= 4 is 0 Å². The molecule has 0 aromatic heterocycles. The van der Waals surface area contributed by atoms with Crippen LogP contribution >= 0.6 is 0 Å². The number of hydrogen-bond acceptors (Lipinski definition) is 4. The van der Waals surface area contributed by atoms with Gasteiger partial charge in [-0.1, -0.05) is 30.3 Å². The summed E-state index contributed by atoms with van der Waals surface area (Å²) in [5, 5.41) is 10.2. The second-order valence-corrected chi connectivity index (χ2v) is 5.24. The Bertz CT molecular complexity index is 406. The molecule has 0 fully saturated rings. The highest BCUT2D eigenvalue weighted by Gasteiger charge is 2.09. The predicted molar refractivity (Wildman–Crippen MR) is 87.7 cm³/mol. The van der Waals surface area contributed by atoms with Gasteiger partial charge in [-0.15, -0.1) is 6.58 Å². The molecule has 1 atom stereocenters. The molecule has 124 valence electrons. The molecule has 22 heavy (non-hydrogen) atoms. The van der Waals surface area contributed by atoms with Gasteiger partial charge >= 0.3 is 0 Å². The van der Waals surface area contributed by atoms with Crippen LogP contribution in [0.15, 0.2) is 36.9 Å². The summed E-state index contributed by atoms with van der Waals surface area (Å²) in [5.41, 5.74) is 2.24. The third-order valence-electron chi connectivity index (χ3n) is 3.34. The topological polar surface area (TPSA) is 47.9 Å². The van der Waals surface area contributed by atoms with Crippen LogP contribution in [-0.4, -0.2) is 38.3 Å². The van der Waals surface area contributed by atoms with E-state index in [9.17, 15) is 5.11 Å². The van der Waals surface area contributed by atoms with Crippen molar-refractivity contribution in [1.29, 1.82) is 0 Å². The summed E-state index contributed by atoms with van der Waals surface area (Å²) in [5.74, 6) is 0. The van der Waals surface area contributed by atoms with Crippen molar-refractivity contribution in [3.63, 3.8) is 0 Å². The zero-order chi connectivity index (χ0) is 16.0. The molecular weight excluding hydrogens is 280 g/mol. The third kappa shape index (κ3) is 8.29. The van der Waals surface area contributed by atoms with Crippen LogP contribution < -0.4 is 0 Å². The first kappa shape index (κ1) is 18.8. The molecular formula is C18H28O4. The van der Waals surface area contributed by atoms with Crippen molar-refractivity contribution in [2.75, 3.05) is 27.1 Å². The van der Waals surface area contributed by atoms with Gasteiger partial charge in [0, 0.05) is 13.7 Å². The van der Waals surface area contributed by atoms with Crippen LogP contribution in [0.5, 0.6) is 0 Å². The Balaban J connectivity index is 2.30. The lowest BCUT2D eigenvalue weighted by atomic mass is 9.99. The van der Waals surface area contributed by atoms with Crippen LogP contribution in [0.2, 0.25) is 0 Å². The van der Waals surface area contributed by atoms with Gasteiger partial charge < -0.3 is 19.3 Å². The highest BCUT2D eigenvalue weighted by molar-refractivity contribution is 5.27. The quantitative estimate of drug-likeness (QED) is 0.346. The summed E-state index contributed by atoms with van der Waals surface area (Å²) in [4.78, 5) is 0. The van der Waals surface area contributed by atoms with E-state index in [1.165, 1.54) is 0 Å². The molecule has 0 saturated heterocycles. The van der Waals surface area contributed by atoms with E-state index in [0.29, 0.717) is 19.6 Å². The van der Waals surface area contributed by atoms with Gasteiger partial charge in [0.2, 0.25) is 0 Å². The Morgan fingerprint density at radius 3 is 2.68 bits per heavy atom. The standard InChI is InChI=1S/C18H28O4/c1-3-11-21-12-7-6-10-18(19)13-16-8-4-5-9-17(16)14-22-15-20-2/h3-5,8-9,18-19H,1,6-7,10-15H2,2H3. The first-order valence-electron chi connectivity index (χ1n) is 7.78. The predicted octanol–water partition coefficient (Wildman–Crippen LogP) is 3.08. The molecule has 4 heteroatoms. The van der Waals surface area contributed by atoms with E-state index in [4.69, 9.17) is 14.2 Å². The Morgan fingerprint density at radius 1 is 1.18 bits per heavy atom. The van der Waals surface area contributed by atoms with E-state index < -0.39 is 0 Å². The Hall–Kier alpha value is -1.20. The highest BCUT2D eigenvalue weighted by atomic mass is 16.7. The van der Waals surface area contributed by atoms with Gasteiger partial charge in [-0.2, -0.15) is 0 Å². The SMILES string of the molecule is C=CCOCCCCC(O)Cc1ccccc1COCOC. The van der Waals surface area contributed by atoms with Gasteiger partial charge in [0.1, 0.15) is 6.79 Å². The number of aliphatic hydroxyl groups is 1. The minimum atomic E-state index is -0.331. The molecule has 0 aliphatic carbocycles. The molecule has 0 aliphatic rings. The fourth-order valence-electron chi connectivity index (χ4n) is 2.24. The smallest absolute Gasteiger partial charge is 0.146 e. The number of aliphatic hydroxyl groups excluding tert-OH is 1. The molecule has 1 rings (SSSR count). The van der Waals surface area contributed by atoms with E-state index >= 15 is 0 Å². The third-order valence-corrected chi connectivity index (χ3v) is 3.34. The minimum absolute atomic E-state index is 0.279. The summed E-state index contributed by atoms with van der Waals surface area (Å²) in [7, 11) is 1.61. The first-order valence-corrected chi connectivity index (χ1v) is 7.78. The minimum Gasteiger partial charge on any atom is -0.393 e. The summed E-state index contributed by atoms with van der Waals surface area (Å²) < 4.78 is 15.6. The van der Waals surface area contributed by atoms with Crippen molar-refractivity contribution in [3.05, 3.63) is 48.0 Å². The second-order valence-electron chi connectivity index (χ2n) is 5.24. The Kier molecular flexibility index (Phi) is 10.6. The fourth-order valence-corrected chi connectivity index (χ4v) is 2.24. The van der Waals surface area contributed by atoms with Crippen LogP contribution in [-0.2, 0) is 27.2 Å². The normalized spacial score (nSPS) is 12.3. The molecule has 0 aliphatic heterocycles. The second kappa shape index (κ2) is 12.4. The Labute approximate surface area is 133 Å². The largest absolute Gasteiger partial charge is 0.393 e. The first-order chi connectivity index (χ1) is 10.8. The average Bonchev–Trinajstić information content (AvgIpc) is 2.52. The average molecular weight is 308 g/mol. The van der Waals surface area contributed by atoms with Gasteiger partial charge in [0.05, 0.1) is 19.3 Å². The molecule has 1 N–H and O–H groups in total. The molecule has 1 unspecified atom stereocenters. The number of benzene rings is 1. The van der Waals surface area contributed by atoms with Gasteiger partial charge in [-0.3, -0.25) is 0 Å². The summed E-state index contributed by atoms with van der Waals surface area (Å²) in [6.07, 6.45) is 4.77. The van der Waals surface area contributed by atoms with Crippen LogP contribution in [0.1, 0.15) is 30.4 Å². The molecule has 0 radical (unpaired) electrons. The van der Waals surface area contributed by atoms with Crippen molar-refractivity contribution < 1.29 is 19.3 Å². The lowest BCUT2D eigenvalue weighted by Gasteiger charge is -2.14. The van der Waals surface area contributed by atoms with Crippen molar-refractivity contribution in [1.82, 2.24) is 0 Å². The molecule has 1 aromatic rings. The summed E-state index contributed by atoms with van der Waals surface area (Å²) in [6, 6.07) is 8.05.